The Labute approximate surface area is 127 Å². The van der Waals surface area contributed by atoms with Crippen molar-refractivity contribution >= 4 is 0 Å². The second kappa shape index (κ2) is 6.87. The van der Waals surface area contributed by atoms with Gasteiger partial charge in [-0.2, -0.15) is 0 Å². The van der Waals surface area contributed by atoms with Gasteiger partial charge in [0.15, 0.2) is 0 Å². The van der Waals surface area contributed by atoms with Crippen molar-refractivity contribution < 1.29 is 0 Å². The molecule has 114 valence electrons. The van der Waals surface area contributed by atoms with Crippen molar-refractivity contribution in [3.8, 4) is 0 Å². The van der Waals surface area contributed by atoms with Crippen molar-refractivity contribution in [2.24, 2.45) is 12.8 Å². The topological polar surface area (TPSA) is 47.1 Å². The van der Waals surface area contributed by atoms with Gasteiger partial charge in [-0.25, -0.2) is 4.98 Å². The zero-order chi connectivity index (χ0) is 15.4. The number of benzene rings is 1. The van der Waals surface area contributed by atoms with Gasteiger partial charge < -0.3 is 10.3 Å². The molecular weight excluding hydrogens is 260 g/mol. The summed E-state index contributed by atoms with van der Waals surface area (Å²) in [5, 5.41) is 0. The maximum atomic E-state index is 6.42. The van der Waals surface area contributed by atoms with E-state index in [4.69, 9.17) is 5.73 Å². The standard InChI is InChI=1S/C17H26N4/c1-5-15(18)17(14-9-7-6-8-13(14)2)21(4)12-16-19-10-11-20(16)3/h6-11,15,17H,5,12,18H2,1-4H3. The van der Waals surface area contributed by atoms with Gasteiger partial charge in [-0.05, 0) is 31.5 Å². The van der Waals surface area contributed by atoms with Crippen LogP contribution >= 0.6 is 0 Å². The number of aromatic nitrogens is 2. The third-order valence-corrected chi connectivity index (χ3v) is 4.17. The van der Waals surface area contributed by atoms with E-state index in [1.54, 1.807) is 0 Å². The summed E-state index contributed by atoms with van der Waals surface area (Å²) in [5.41, 5.74) is 9.02. The van der Waals surface area contributed by atoms with Crippen LogP contribution in [0.2, 0.25) is 0 Å². The van der Waals surface area contributed by atoms with Crippen LogP contribution in [0.5, 0.6) is 0 Å². The summed E-state index contributed by atoms with van der Waals surface area (Å²) in [6.07, 6.45) is 4.77. The van der Waals surface area contributed by atoms with E-state index in [9.17, 15) is 0 Å². The van der Waals surface area contributed by atoms with Crippen molar-refractivity contribution in [1.29, 1.82) is 0 Å². The molecule has 0 aliphatic carbocycles. The van der Waals surface area contributed by atoms with E-state index in [1.165, 1.54) is 11.1 Å². The lowest BCUT2D eigenvalue weighted by Gasteiger charge is -2.33. The Morgan fingerprint density at radius 1 is 1.33 bits per heavy atom. The van der Waals surface area contributed by atoms with Gasteiger partial charge >= 0.3 is 0 Å². The van der Waals surface area contributed by atoms with E-state index in [2.05, 4.69) is 59.6 Å². The average Bonchev–Trinajstić information content (AvgIpc) is 2.86. The largest absolute Gasteiger partial charge is 0.337 e. The molecular formula is C17H26N4. The summed E-state index contributed by atoms with van der Waals surface area (Å²) in [5.74, 6) is 1.05. The van der Waals surface area contributed by atoms with E-state index in [0.717, 1.165) is 18.8 Å². The molecule has 2 rings (SSSR count). The molecule has 1 aromatic heterocycles. The molecule has 0 radical (unpaired) electrons. The first-order valence-corrected chi connectivity index (χ1v) is 7.52. The highest BCUT2D eigenvalue weighted by Crippen LogP contribution is 2.27. The Hall–Kier alpha value is -1.65. The molecule has 21 heavy (non-hydrogen) atoms. The summed E-state index contributed by atoms with van der Waals surface area (Å²) in [4.78, 5) is 6.72. The van der Waals surface area contributed by atoms with Gasteiger partial charge in [-0.15, -0.1) is 0 Å². The van der Waals surface area contributed by atoms with Crippen LogP contribution in [-0.2, 0) is 13.6 Å². The van der Waals surface area contributed by atoms with Crippen LogP contribution in [0.25, 0.3) is 0 Å². The Bertz CT molecular complexity index is 576. The first-order chi connectivity index (χ1) is 10.0. The number of nitrogens with two attached hydrogens (primary N) is 1. The number of aryl methyl sites for hydroxylation is 2. The molecule has 2 unspecified atom stereocenters. The maximum absolute atomic E-state index is 6.42. The number of hydrogen-bond acceptors (Lipinski definition) is 3. The first kappa shape index (κ1) is 15.7. The van der Waals surface area contributed by atoms with Gasteiger partial charge in [-0.3, -0.25) is 4.90 Å². The van der Waals surface area contributed by atoms with Crippen LogP contribution in [0.15, 0.2) is 36.7 Å². The molecule has 2 N–H and O–H groups in total. The summed E-state index contributed by atoms with van der Waals surface area (Å²) in [6, 6.07) is 8.81. The molecule has 2 aromatic rings. The lowest BCUT2D eigenvalue weighted by Crippen LogP contribution is -2.39. The van der Waals surface area contributed by atoms with Gasteiger partial charge in [0.05, 0.1) is 12.6 Å². The monoisotopic (exact) mass is 286 g/mol. The SMILES string of the molecule is CCC(N)C(c1ccccc1C)N(C)Cc1nccn1C. The van der Waals surface area contributed by atoms with Gasteiger partial charge in [0.1, 0.15) is 5.82 Å². The van der Waals surface area contributed by atoms with Crippen molar-refractivity contribution in [3.05, 3.63) is 53.6 Å². The average molecular weight is 286 g/mol. The van der Waals surface area contributed by atoms with Crippen LogP contribution < -0.4 is 5.73 Å². The molecule has 0 fully saturated rings. The Morgan fingerprint density at radius 3 is 2.62 bits per heavy atom. The maximum Gasteiger partial charge on any atom is 0.122 e. The van der Waals surface area contributed by atoms with Crippen LogP contribution in [-0.4, -0.2) is 27.5 Å². The number of likely N-dealkylation sites (N-methyl/N-ethyl adjacent to an activating group) is 1. The molecule has 4 heteroatoms. The molecule has 0 aliphatic rings. The molecule has 4 nitrogen and oxygen atoms in total. The second-order valence-corrected chi connectivity index (χ2v) is 5.74. The van der Waals surface area contributed by atoms with Crippen molar-refractivity contribution in [2.75, 3.05) is 7.05 Å². The normalized spacial score (nSPS) is 14.4. The van der Waals surface area contributed by atoms with Gasteiger partial charge in [0.25, 0.3) is 0 Å². The predicted molar refractivity (Wildman–Crippen MR) is 86.9 cm³/mol. The fourth-order valence-corrected chi connectivity index (χ4v) is 2.81. The highest BCUT2D eigenvalue weighted by Gasteiger charge is 2.25. The van der Waals surface area contributed by atoms with E-state index in [0.29, 0.717) is 0 Å². The van der Waals surface area contributed by atoms with Crippen LogP contribution in [0.1, 0.15) is 36.3 Å². The number of nitrogens with zero attached hydrogens (tertiary/aromatic N) is 3. The number of rotatable bonds is 6. The summed E-state index contributed by atoms with van der Waals surface area (Å²) >= 11 is 0. The minimum absolute atomic E-state index is 0.108. The molecule has 2 atom stereocenters. The lowest BCUT2D eigenvalue weighted by atomic mass is 9.93. The minimum atomic E-state index is 0.108. The van der Waals surface area contributed by atoms with Crippen molar-refractivity contribution in [2.45, 2.75) is 38.9 Å². The van der Waals surface area contributed by atoms with E-state index >= 15 is 0 Å². The van der Waals surface area contributed by atoms with Crippen LogP contribution in [0, 0.1) is 6.92 Å². The summed E-state index contributed by atoms with van der Waals surface area (Å²) in [6.45, 7) is 5.08. The molecule has 1 heterocycles. The molecule has 0 amide bonds. The second-order valence-electron chi connectivity index (χ2n) is 5.74. The van der Waals surface area contributed by atoms with Crippen molar-refractivity contribution in [3.63, 3.8) is 0 Å². The fraction of sp³-hybridized carbons (Fsp3) is 0.471. The van der Waals surface area contributed by atoms with Crippen LogP contribution in [0.4, 0.5) is 0 Å². The summed E-state index contributed by atoms with van der Waals surface area (Å²) < 4.78 is 2.06. The highest BCUT2D eigenvalue weighted by atomic mass is 15.2. The predicted octanol–water partition coefficient (Wildman–Crippen LogP) is 2.64. The van der Waals surface area contributed by atoms with Gasteiger partial charge in [-0.1, -0.05) is 31.2 Å². The summed E-state index contributed by atoms with van der Waals surface area (Å²) in [7, 11) is 4.15. The molecule has 0 saturated carbocycles. The smallest absolute Gasteiger partial charge is 0.122 e. The molecule has 0 aliphatic heterocycles. The van der Waals surface area contributed by atoms with E-state index in [1.807, 2.05) is 19.4 Å². The zero-order valence-electron chi connectivity index (χ0n) is 13.5. The van der Waals surface area contributed by atoms with E-state index in [-0.39, 0.29) is 12.1 Å². The van der Waals surface area contributed by atoms with Crippen molar-refractivity contribution in [1.82, 2.24) is 14.5 Å². The lowest BCUT2D eigenvalue weighted by molar-refractivity contribution is 0.195. The molecule has 0 saturated heterocycles. The highest BCUT2D eigenvalue weighted by molar-refractivity contribution is 5.30. The number of hydrogen-bond donors (Lipinski definition) is 1. The van der Waals surface area contributed by atoms with Crippen LogP contribution in [0.3, 0.4) is 0 Å². The Balaban J connectivity index is 2.28. The molecule has 1 aromatic carbocycles. The fourth-order valence-electron chi connectivity index (χ4n) is 2.81. The Kier molecular flexibility index (Phi) is 5.15. The third kappa shape index (κ3) is 3.52. The minimum Gasteiger partial charge on any atom is -0.337 e. The van der Waals surface area contributed by atoms with E-state index < -0.39 is 0 Å². The molecule has 0 bridgehead atoms. The quantitative estimate of drug-likeness (QED) is 0.888. The number of imidazole rings is 1. The first-order valence-electron chi connectivity index (χ1n) is 7.52. The van der Waals surface area contributed by atoms with Gasteiger partial charge in [0.2, 0.25) is 0 Å². The third-order valence-electron chi connectivity index (χ3n) is 4.17. The Morgan fingerprint density at radius 2 is 2.05 bits per heavy atom. The zero-order valence-corrected chi connectivity index (χ0v) is 13.5. The molecule has 0 spiro atoms. The van der Waals surface area contributed by atoms with Gasteiger partial charge in [0, 0.05) is 25.5 Å².